The Labute approximate surface area is 149 Å². The van der Waals surface area contributed by atoms with E-state index in [1.165, 1.54) is 24.3 Å². The molecule has 0 heterocycles. The van der Waals surface area contributed by atoms with E-state index < -0.39 is 11.7 Å². The summed E-state index contributed by atoms with van der Waals surface area (Å²) in [7, 11) is 0. The maximum absolute atomic E-state index is 12.3. The standard InChI is InChI=1S/C19H16F2N2OS/c1-12-3-4-13(2)14(9-12)10-15(11-22)18(24)23-16-5-7-17(8-6-16)25-19(20)21/h3-10,19H,1-2H3,(H,23,24)/b15-10+. The van der Waals surface area contributed by atoms with Crippen LogP contribution in [0.4, 0.5) is 14.5 Å². The number of carbonyl (C=O) groups excluding carboxylic acids is 1. The number of carbonyl (C=O) groups is 1. The minimum Gasteiger partial charge on any atom is -0.321 e. The summed E-state index contributed by atoms with van der Waals surface area (Å²) >= 11 is 0.432. The number of amides is 1. The lowest BCUT2D eigenvalue weighted by atomic mass is 10.0. The van der Waals surface area contributed by atoms with E-state index in [0.29, 0.717) is 22.3 Å². The summed E-state index contributed by atoms with van der Waals surface area (Å²) in [5.74, 6) is -3.04. The number of nitrogens with one attached hydrogen (secondary N) is 1. The van der Waals surface area contributed by atoms with Crippen LogP contribution in [0.15, 0.2) is 52.9 Å². The third kappa shape index (κ3) is 5.44. The van der Waals surface area contributed by atoms with Gasteiger partial charge in [-0.2, -0.15) is 14.0 Å². The number of nitriles is 1. The predicted octanol–water partition coefficient (Wildman–Crippen LogP) is 5.16. The Bertz CT molecular complexity index is 839. The molecule has 1 amide bonds. The van der Waals surface area contributed by atoms with Crippen molar-refractivity contribution < 1.29 is 13.6 Å². The van der Waals surface area contributed by atoms with Crippen LogP contribution in [-0.2, 0) is 4.79 Å². The SMILES string of the molecule is Cc1ccc(C)c(/C=C(\C#N)C(=O)Nc2ccc(SC(F)F)cc2)c1. The molecular formula is C19H16F2N2OS. The predicted molar refractivity (Wildman–Crippen MR) is 96.4 cm³/mol. The first-order valence-corrected chi connectivity index (χ1v) is 8.32. The van der Waals surface area contributed by atoms with Gasteiger partial charge in [-0.3, -0.25) is 4.79 Å². The molecule has 0 aliphatic rings. The maximum atomic E-state index is 12.3. The Morgan fingerprint density at radius 1 is 1.20 bits per heavy atom. The average Bonchev–Trinajstić information content (AvgIpc) is 2.56. The number of thioether (sulfide) groups is 1. The van der Waals surface area contributed by atoms with Crippen LogP contribution >= 0.6 is 11.8 Å². The fourth-order valence-corrected chi connectivity index (χ4v) is 2.64. The van der Waals surface area contributed by atoms with Gasteiger partial charge in [0.15, 0.2) is 0 Å². The number of alkyl halides is 2. The number of nitrogens with zero attached hydrogens (tertiary/aromatic N) is 1. The van der Waals surface area contributed by atoms with Crippen LogP contribution in [0.2, 0.25) is 0 Å². The third-order valence-electron chi connectivity index (χ3n) is 3.44. The molecule has 25 heavy (non-hydrogen) atoms. The van der Waals surface area contributed by atoms with E-state index in [9.17, 15) is 18.8 Å². The highest BCUT2D eigenvalue weighted by Gasteiger charge is 2.11. The van der Waals surface area contributed by atoms with Gasteiger partial charge in [0.2, 0.25) is 0 Å². The van der Waals surface area contributed by atoms with E-state index in [4.69, 9.17) is 0 Å². The van der Waals surface area contributed by atoms with Crippen LogP contribution < -0.4 is 5.32 Å². The Morgan fingerprint density at radius 2 is 1.88 bits per heavy atom. The lowest BCUT2D eigenvalue weighted by molar-refractivity contribution is -0.112. The van der Waals surface area contributed by atoms with Gasteiger partial charge in [-0.15, -0.1) is 0 Å². The van der Waals surface area contributed by atoms with Gasteiger partial charge in [-0.25, -0.2) is 0 Å². The fourth-order valence-electron chi connectivity index (χ4n) is 2.14. The van der Waals surface area contributed by atoms with Crippen molar-refractivity contribution >= 4 is 29.4 Å². The second-order valence-electron chi connectivity index (χ2n) is 5.39. The Balaban J connectivity index is 2.16. The number of anilines is 1. The molecule has 0 aliphatic heterocycles. The lowest BCUT2D eigenvalue weighted by Gasteiger charge is -2.07. The summed E-state index contributed by atoms with van der Waals surface area (Å²) in [6.07, 6.45) is 1.54. The molecule has 3 nitrogen and oxygen atoms in total. The van der Waals surface area contributed by atoms with E-state index in [-0.39, 0.29) is 5.57 Å². The molecule has 0 bridgehead atoms. The molecule has 0 saturated heterocycles. The molecule has 0 aliphatic carbocycles. The van der Waals surface area contributed by atoms with Crippen molar-refractivity contribution in [3.63, 3.8) is 0 Å². The van der Waals surface area contributed by atoms with Gasteiger partial charge in [-0.1, -0.05) is 35.5 Å². The molecule has 128 valence electrons. The highest BCUT2D eigenvalue weighted by molar-refractivity contribution is 7.99. The molecule has 0 fully saturated rings. The minimum absolute atomic E-state index is 0.0280. The first kappa shape index (κ1) is 18.7. The molecule has 1 N–H and O–H groups in total. The Kier molecular flexibility index (Phi) is 6.31. The largest absolute Gasteiger partial charge is 0.321 e. The molecule has 0 spiro atoms. The molecule has 0 unspecified atom stereocenters. The highest BCUT2D eigenvalue weighted by atomic mass is 32.2. The maximum Gasteiger partial charge on any atom is 0.288 e. The first-order valence-electron chi connectivity index (χ1n) is 7.44. The smallest absolute Gasteiger partial charge is 0.288 e. The molecule has 0 atom stereocenters. The first-order chi connectivity index (χ1) is 11.9. The number of halogens is 2. The summed E-state index contributed by atoms with van der Waals surface area (Å²) in [5, 5.41) is 11.9. The zero-order chi connectivity index (χ0) is 18.4. The molecule has 2 aromatic carbocycles. The average molecular weight is 358 g/mol. The van der Waals surface area contributed by atoms with Crippen molar-refractivity contribution in [1.82, 2.24) is 0 Å². The van der Waals surface area contributed by atoms with Gasteiger partial charge >= 0.3 is 0 Å². The van der Waals surface area contributed by atoms with Crippen molar-refractivity contribution in [3.8, 4) is 6.07 Å². The van der Waals surface area contributed by atoms with Gasteiger partial charge in [-0.05, 0) is 55.3 Å². The quantitative estimate of drug-likeness (QED) is 0.456. The van der Waals surface area contributed by atoms with Crippen molar-refractivity contribution in [3.05, 3.63) is 64.7 Å². The van der Waals surface area contributed by atoms with E-state index in [1.54, 1.807) is 6.08 Å². The van der Waals surface area contributed by atoms with Crippen molar-refractivity contribution in [2.24, 2.45) is 0 Å². The molecule has 2 aromatic rings. The minimum atomic E-state index is -2.49. The van der Waals surface area contributed by atoms with Crippen molar-refractivity contribution in [1.29, 1.82) is 5.26 Å². The number of rotatable bonds is 5. The highest BCUT2D eigenvalue weighted by Crippen LogP contribution is 2.26. The Hall–Kier alpha value is -2.65. The van der Waals surface area contributed by atoms with Gasteiger partial charge in [0.25, 0.3) is 11.7 Å². The summed E-state index contributed by atoms with van der Waals surface area (Å²) in [6, 6.07) is 13.7. The van der Waals surface area contributed by atoms with E-state index in [2.05, 4.69) is 5.32 Å². The van der Waals surface area contributed by atoms with Crippen LogP contribution in [0.3, 0.4) is 0 Å². The van der Waals surface area contributed by atoms with Gasteiger partial charge in [0.05, 0.1) is 0 Å². The molecule has 0 aromatic heterocycles. The molecule has 0 saturated carbocycles. The normalized spacial score (nSPS) is 11.3. The second kappa shape index (κ2) is 8.45. The van der Waals surface area contributed by atoms with Crippen LogP contribution in [0.1, 0.15) is 16.7 Å². The van der Waals surface area contributed by atoms with Gasteiger partial charge in [0.1, 0.15) is 11.6 Å². The number of aryl methyl sites for hydroxylation is 2. The topological polar surface area (TPSA) is 52.9 Å². The van der Waals surface area contributed by atoms with Crippen LogP contribution in [0.25, 0.3) is 6.08 Å². The van der Waals surface area contributed by atoms with Crippen LogP contribution in [0.5, 0.6) is 0 Å². The zero-order valence-corrected chi connectivity index (χ0v) is 14.5. The molecule has 0 radical (unpaired) electrons. The second-order valence-corrected chi connectivity index (χ2v) is 6.45. The lowest BCUT2D eigenvalue weighted by Crippen LogP contribution is -2.13. The van der Waals surface area contributed by atoms with Crippen LogP contribution in [-0.4, -0.2) is 11.7 Å². The number of hydrogen-bond donors (Lipinski definition) is 1. The van der Waals surface area contributed by atoms with Gasteiger partial charge < -0.3 is 5.32 Å². The monoisotopic (exact) mass is 358 g/mol. The summed E-state index contributed by atoms with van der Waals surface area (Å²) in [6.45, 7) is 3.83. The van der Waals surface area contributed by atoms with Gasteiger partial charge in [0, 0.05) is 10.6 Å². The third-order valence-corrected chi connectivity index (χ3v) is 4.16. The Morgan fingerprint density at radius 3 is 2.48 bits per heavy atom. The summed E-state index contributed by atoms with van der Waals surface area (Å²) < 4.78 is 24.6. The van der Waals surface area contributed by atoms with Crippen molar-refractivity contribution in [2.75, 3.05) is 5.32 Å². The molecular weight excluding hydrogens is 342 g/mol. The molecule has 6 heteroatoms. The zero-order valence-electron chi connectivity index (χ0n) is 13.7. The van der Waals surface area contributed by atoms with Crippen molar-refractivity contribution in [2.45, 2.75) is 24.5 Å². The van der Waals surface area contributed by atoms with Crippen LogP contribution in [0, 0.1) is 25.2 Å². The van der Waals surface area contributed by atoms with E-state index >= 15 is 0 Å². The number of hydrogen-bond acceptors (Lipinski definition) is 3. The van der Waals surface area contributed by atoms with E-state index in [1.807, 2.05) is 38.1 Å². The fraction of sp³-hybridized carbons (Fsp3) is 0.158. The summed E-state index contributed by atoms with van der Waals surface area (Å²) in [4.78, 5) is 12.7. The number of benzene rings is 2. The molecule has 2 rings (SSSR count). The van der Waals surface area contributed by atoms with E-state index in [0.717, 1.165) is 16.7 Å². The summed E-state index contributed by atoms with van der Waals surface area (Å²) in [5.41, 5.74) is 3.20.